The summed E-state index contributed by atoms with van der Waals surface area (Å²) in [5.41, 5.74) is 3.78. The highest BCUT2D eigenvalue weighted by Gasteiger charge is 2.46. The van der Waals surface area contributed by atoms with Crippen molar-refractivity contribution in [2.75, 3.05) is 18.4 Å². The standard InChI is InChI=1S/C25H20F2N8O/c1-34-19-9-16(3-2-15(19)8-20(34)24(36)35-13-25(26,27)14-35)23-28-7-6-22(33-23)32-21-5-4-17(10-29-21)18-11-30-31-12-18/h2-12H,13-14H2,1H3,(H,30,31)(H,28,29,32,33). The molecule has 0 radical (unpaired) electrons. The molecule has 0 saturated carbocycles. The van der Waals surface area contributed by atoms with E-state index >= 15 is 0 Å². The van der Waals surface area contributed by atoms with E-state index in [2.05, 4.69) is 30.5 Å². The number of carbonyl (C=O) groups excluding carboxylic acids is 1. The Kier molecular flexibility index (Phi) is 4.99. The third kappa shape index (κ3) is 3.94. The summed E-state index contributed by atoms with van der Waals surface area (Å²) in [6.45, 7) is -1.10. The average molecular weight is 486 g/mol. The molecule has 2 N–H and O–H groups in total. The number of amides is 1. The quantitative estimate of drug-likeness (QED) is 0.385. The van der Waals surface area contributed by atoms with Gasteiger partial charge in [0.2, 0.25) is 0 Å². The van der Waals surface area contributed by atoms with Crippen LogP contribution in [0.5, 0.6) is 0 Å². The molecule has 0 aliphatic carbocycles. The number of aromatic nitrogens is 6. The van der Waals surface area contributed by atoms with Crippen molar-refractivity contribution in [3.8, 4) is 22.5 Å². The summed E-state index contributed by atoms with van der Waals surface area (Å²) in [7, 11) is 1.75. The summed E-state index contributed by atoms with van der Waals surface area (Å²) in [4.78, 5) is 27.3. The highest BCUT2D eigenvalue weighted by atomic mass is 19.3. The van der Waals surface area contributed by atoms with Crippen molar-refractivity contribution in [1.82, 2.24) is 34.6 Å². The van der Waals surface area contributed by atoms with Crippen LogP contribution in [0.3, 0.4) is 0 Å². The van der Waals surface area contributed by atoms with Gasteiger partial charge in [-0.1, -0.05) is 12.1 Å². The van der Waals surface area contributed by atoms with Crippen molar-refractivity contribution >= 4 is 28.4 Å². The minimum absolute atomic E-state index is 0.360. The molecule has 0 unspecified atom stereocenters. The predicted molar refractivity (Wildman–Crippen MR) is 130 cm³/mol. The van der Waals surface area contributed by atoms with E-state index in [0.29, 0.717) is 23.2 Å². The van der Waals surface area contributed by atoms with Gasteiger partial charge in [-0.2, -0.15) is 5.10 Å². The number of anilines is 2. The van der Waals surface area contributed by atoms with Gasteiger partial charge in [-0.15, -0.1) is 0 Å². The number of benzene rings is 1. The lowest BCUT2D eigenvalue weighted by atomic mass is 10.1. The third-order valence-corrected chi connectivity index (χ3v) is 6.16. The summed E-state index contributed by atoms with van der Waals surface area (Å²) in [5, 5.41) is 10.7. The van der Waals surface area contributed by atoms with Crippen molar-refractivity contribution in [1.29, 1.82) is 0 Å². The molecule has 6 rings (SSSR count). The number of likely N-dealkylation sites (tertiary alicyclic amines) is 1. The second-order valence-electron chi connectivity index (χ2n) is 8.69. The van der Waals surface area contributed by atoms with Gasteiger partial charge in [0.05, 0.1) is 19.3 Å². The molecule has 180 valence electrons. The first kappa shape index (κ1) is 21.8. The molecule has 0 bridgehead atoms. The zero-order valence-electron chi connectivity index (χ0n) is 19.1. The molecule has 1 saturated heterocycles. The van der Waals surface area contributed by atoms with E-state index in [1.807, 2.05) is 30.3 Å². The molecule has 1 aromatic carbocycles. The van der Waals surface area contributed by atoms with Gasteiger partial charge in [0.25, 0.3) is 11.8 Å². The van der Waals surface area contributed by atoms with Crippen LogP contribution in [0.4, 0.5) is 20.4 Å². The summed E-state index contributed by atoms with van der Waals surface area (Å²) in [6, 6.07) is 12.9. The highest BCUT2D eigenvalue weighted by Crippen LogP contribution is 2.31. The maximum absolute atomic E-state index is 13.2. The molecular formula is C25H20F2N8O. The van der Waals surface area contributed by atoms with Gasteiger partial charge in [-0.25, -0.2) is 23.7 Å². The Morgan fingerprint density at radius 3 is 2.56 bits per heavy atom. The molecule has 1 amide bonds. The number of alkyl halides is 2. The van der Waals surface area contributed by atoms with E-state index in [1.165, 1.54) is 0 Å². The van der Waals surface area contributed by atoms with Gasteiger partial charge in [-0.3, -0.25) is 9.89 Å². The van der Waals surface area contributed by atoms with Gasteiger partial charge in [0, 0.05) is 53.2 Å². The summed E-state index contributed by atoms with van der Waals surface area (Å²) < 4.78 is 28.2. The number of aryl methyl sites for hydroxylation is 1. The average Bonchev–Trinajstić information content (AvgIpc) is 3.51. The third-order valence-electron chi connectivity index (χ3n) is 6.16. The lowest BCUT2D eigenvalue weighted by Crippen LogP contribution is -2.58. The molecule has 5 aromatic rings. The molecule has 4 aromatic heterocycles. The van der Waals surface area contributed by atoms with Crippen LogP contribution < -0.4 is 5.32 Å². The van der Waals surface area contributed by atoms with Gasteiger partial charge in [0.1, 0.15) is 17.3 Å². The largest absolute Gasteiger partial charge is 0.340 e. The van der Waals surface area contributed by atoms with Crippen LogP contribution in [0.1, 0.15) is 10.5 Å². The van der Waals surface area contributed by atoms with Gasteiger partial charge in [-0.05, 0) is 30.3 Å². The number of halogens is 2. The van der Waals surface area contributed by atoms with Crippen LogP contribution in [-0.2, 0) is 7.05 Å². The Bertz CT molecular complexity index is 1570. The molecule has 5 heterocycles. The smallest absolute Gasteiger partial charge is 0.282 e. The van der Waals surface area contributed by atoms with Crippen LogP contribution in [0.2, 0.25) is 0 Å². The zero-order chi connectivity index (χ0) is 24.9. The fourth-order valence-electron chi connectivity index (χ4n) is 4.24. The van der Waals surface area contributed by atoms with E-state index < -0.39 is 24.9 Å². The maximum atomic E-state index is 13.2. The van der Waals surface area contributed by atoms with Crippen LogP contribution >= 0.6 is 0 Å². The fraction of sp³-hybridized carbons (Fsp3) is 0.160. The molecular weight excluding hydrogens is 466 g/mol. The van der Waals surface area contributed by atoms with E-state index in [9.17, 15) is 13.6 Å². The zero-order valence-corrected chi connectivity index (χ0v) is 19.1. The SMILES string of the molecule is Cn1c(C(=O)N2CC(F)(F)C2)cc2ccc(-c3nccc(Nc4ccc(-c5cn[nH]c5)cn4)n3)cc21. The van der Waals surface area contributed by atoms with Gasteiger partial charge < -0.3 is 14.8 Å². The number of hydrogen-bond acceptors (Lipinski definition) is 6. The number of aromatic amines is 1. The van der Waals surface area contributed by atoms with Gasteiger partial charge in [0.15, 0.2) is 5.82 Å². The maximum Gasteiger partial charge on any atom is 0.282 e. The van der Waals surface area contributed by atoms with Crippen molar-refractivity contribution in [2.24, 2.45) is 7.05 Å². The van der Waals surface area contributed by atoms with Crippen LogP contribution in [0.25, 0.3) is 33.4 Å². The molecule has 0 atom stereocenters. The van der Waals surface area contributed by atoms with Crippen molar-refractivity contribution in [2.45, 2.75) is 5.92 Å². The van der Waals surface area contributed by atoms with Crippen LogP contribution in [0, 0.1) is 0 Å². The Morgan fingerprint density at radius 1 is 1.00 bits per heavy atom. The first-order valence-corrected chi connectivity index (χ1v) is 11.2. The molecule has 1 aliphatic rings. The Hall–Kier alpha value is -4.67. The molecule has 11 heteroatoms. The molecule has 1 aliphatic heterocycles. The number of fused-ring (bicyclic) bond motifs is 1. The van der Waals surface area contributed by atoms with Gasteiger partial charge >= 0.3 is 0 Å². The van der Waals surface area contributed by atoms with E-state index in [1.54, 1.807) is 48.5 Å². The molecule has 9 nitrogen and oxygen atoms in total. The monoisotopic (exact) mass is 486 g/mol. The first-order chi connectivity index (χ1) is 17.4. The minimum atomic E-state index is -2.80. The lowest BCUT2D eigenvalue weighted by Gasteiger charge is -2.38. The normalized spacial score (nSPS) is 14.6. The number of hydrogen-bond donors (Lipinski definition) is 2. The lowest BCUT2D eigenvalue weighted by molar-refractivity contribution is -0.113. The summed E-state index contributed by atoms with van der Waals surface area (Å²) in [6.07, 6.45) is 6.93. The number of nitrogens with zero attached hydrogens (tertiary/aromatic N) is 6. The molecule has 1 fully saturated rings. The fourth-order valence-corrected chi connectivity index (χ4v) is 4.24. The topological polar surface area (TPSA) is 105 Å². The minimum Gasteiger partial charge on any atom is -0.340 e. The van der Waals surface area contributed by atoms with E-state index in [4.69, 9.17) is 0 Å². The Balaban J connectivity index is 1.24. The van der Waals surface area contributed by atoms with Crippen molar-refractivity contribution in [3.63, 3.8) is 0 Å². The summed E-state index contributed by atoms with van der Waals surface area (Å²) >= 11 is 0. The van der Waals surface area contributed by atoms with E-state index in [0.717, 1.165) is 32.5 Å². The van der Waals surface area contributed by atoms with Crippen LogP contribution in [0.15, 0.2) is 67.3 Å². The number of pyridine rings is 1. The second kappa shape index (κ2) is 8.22. The number of carbonyl (C=O) groups is 1. The van der Waals surface area contributed by atoms with Crippen molar-refractivity contribution < 1.29 is 13.6 Å². The number of H-pyrrole nitrogens is 1. The van der Waals surface area contributed by atoms with Crippen molar-refractivity contribution in [3.05, 3.63) is 72.9 Å². The Labute approximate surface area is 203 Å². The van der Waals surface area contributed by atoms with E-state index in [-0.39, 0.29) is 0 Å². The molecule has 36 heavy (non-hydrogen) atoms. The Morgan fingerprint density at radius 2 is 1.83 bits per heavy atom. The second-order valence-corrected chi connectivity index (χ2v) is 8.69. The summed E-state index contributed by atoms with van der Waals surface area (Å²) in [5.74, 6) is -1.51. The highest BCUT2D eigenvalue weighted by molar-refractivity contribution is 6.00. The number of nitrogens with one attached hydrogen (secondary N) is 2. The number of rotatable bonds is 5. The van der Waals surface area contributed by atoms with Crippen LogP contribution in [-0.4, -0.2) is 59.5 Å². The predicted octanol–water partition coefficient (Wildman–Crippen LogP) is 4.26. The first-order valence-electron chi connectivity index (χ1n) is 11.2. The molecule has 0 spiro atoms.